The fourth-order valence-electron chi connectivity index (χ4n) is 1.04. The first-order chi connectivity index (χ1) is 8.20. The van der Waals surface area contributed by atoms with Gasteiger partial charge in [-0.2, -0.15) is 0 Å². The molecule has 0 aliphatic carbocycles. The summed E-state index contributed by atoms with van der Waals surface area (Å²) in [6.07, 6.45) is 0. The lowest BCUT2D eigenvalue weighted by molar-refractivity contribution is -0.126. The van der Waals surface area contributed by atoms with Crippen LogP contribution >= 0.6 is 46.4 Å². The Morgan fingerprint density at radius 1 is 1.39 bits per heavy atom. The fraction of sp³-hybridized carbons (Fsp3) is 0.333. The van der Waals surface area contributed by atoms with E-state index >= 15 is 0 Å². The Morgan fingerprint density at radius 3 is 2.50 bits per heavy atom. The van der Waals surface area contributed by atoms with Crippen molar-refractivity contribution in [2.75, 3.05) is 5.32 Å². The molecular weight excluding hydrogens is 383 g/mol. The number of hydrogen-bond donors (Lipinski definition) is 2. The van der Waals surface area contributed by atoms with Gasteiger partial charge in [-0.05, 0) is 53.0 Å². The highest BCUT2D eigenvalue weighted by Crippen LogP contribution is 2.23. The largest absolute Gasteiger partial charge is 0.331 e. The molecule has 0 heterocycles. The van der Waals surface area contributed by atoms with Gasteiger partial charge in [0.25, 0.3) is 0 Å². The number of anilines is 1. The van der Waals surface area contributed by atoms with Gasteiger partial charge in [0, 0.05) is 8.99 Å². The molecule has 0 bridgehead atoms. The van der Waals surface area contributed by atoms with Crippen LogP contribution in [-0.2, 0) is 4.79 Å². The van der Waals surface area contributed by atoms with E-state index in [0.717, 1.165) is 3.57 Å². The third kappa shape index (κ3) is 4.70. The molecule has 3 nitrogen and oxygen atoms in total. The maximum atomic E-state index is 11.7. The van der Waals surface area contributed by atoms with Crippen molar-refractivity contribution < 1.29 is 4.79 Å². The molecule has 0 atom stereocenters. The summed E-state index contributed by atoms with van der Waals surface area (Å²) in [4.78, 5) is 11.7. The van der Waals surface area contributed by atoms with E-state index in [2.05, 4.69) is 33.2 Å². The van der Waals surface area contributed by atoms with E-state index in [1.54, 1.807) is 0 Å². The lowest BCUT2D eigenvalue weighted by atomic mass is 9.96. The summed E-state index contributed by atoms with van der Waals surface area (Å²) in [5.41, 5.74) is 0.193. The summed E-state index contributed by atoms with van der Waals surface area (Å²) in [6, 6.07) is 5.54. The molecule has 1 aromatic carbocycles. The van der Waals surface area contributed by atoms with E-state index in [1.807, 2.05) is 39.0 Å². The van der Waals surface area contributed by atoms with Gasteiger partial charge in [0.2, 0.25) is 5.91 Å². The standard InChI is InChI=1S/C12H14ClIN2OS/c1-12(2,3)10(17)16-11(18)15-9-5-4-7(14)6-8(9)13/h4-6H,1-3H3,(H2,15,16,17,18). The van der Waals surface area contributed by atoms with Crippen LogP contribution in [0.5, 0.6) is 0 Å². The van der Waals surface area contributed by atoms with Crippen LogP contribution in [0.15, 0.2) is 18.2 Å². The van der Waals surface area contributed by atoms with Gasteiger partial charge >= 0.3 is 0 Å². The Morgan fingerprint density at radius 2 is 2.00 bits per heavy atom. The Kier molecular flexibility index (Phi) is 5.36. The number of benzene rings is 1. The molecule has 0 aliphatic heterocycles. The Balaban J connectivity index is 2.68. The Labute approximate surface area is 131 Å². The first-order valence-corrected chi connectivity index (χ1v) is 7.14. The molecule has 0 radical (unpaired) electrons. The molecule has 1 aromatic rings. The molecule has 0 unspecified atom stereocenters. The molecule has 0 aromatic heterocycles. The van der Waals surface area contributed by atoms with E-state index in [1.165, 1.54) is 0 Å². The average molecular weight is 397 g/mol. The predicted molar refractivity (Wildman–Crippen MR) is 88.0 cm³/mol. The molecule has 2 N–H and O–H groups in total. The minimum atomic E-state index is -0.485. The van der Waals surface area contributed by atoms with E-state index in [-0.39, 0.29) is 11.0 Å². The normalized spacial score (nSPS) is 10.9. The monoisotopic (exact) mass is 396 g/mol. The van der Waals surface area contributed by atoms with E-state index in [0.29, 0.717) is 10.7 Å². The summed E-state index contributed by atoms with van der Waals surface area (Å²) in [5.74, 6) is -0.137. The van der Waals surface area contributed by atoms with Gasteiger partial charge in [-0.3, -0.25) is 4.79 Å². The van der Waals surface area contributed by atoms with Crippen molar-refractivity contribution in [2.45, 2.75) is 20.8 Å². The number of hydrogen-bond acceptors (Lipinski definition) is 2. The topological polar surface area (TPSA) is 41.1 Å². The lowest BCUT2D eigenvalue weighted by Gasteiger charge is -2.18. The SMILES string of the molecule is CC(C)(C)C(=O)NC(=S)Nc1ccc(I)cc1Cl. The number of nitrogens with one attached hydrogen (secondary N) is 2. The summed E-state index contributed by atoms with van der Waals surface area (Å²) in [7, 11) is 0. The summed E-state index contributed by atoms with van der Waals surface area (Å²) < 4.78 is 1.03. The molecule has 18 heavy (non-hydrogen) atoms. The van der Waals surface area contributed by atoms with Crippen LogP contribution in [0, 0.1) is 8.99 Å². The number of halogens is 2. The maximum absolute atomic E-state index is 11.7. The van der Waals surface area contributed by atoms with Crippen molar-refractivity contribution in [1.82, 2.24) is 5.32 Å². The third-order valence-corrected chi connectivity index (χ3v) is 3.28. The lowest BCUT2D eigenvalue weighted by Crippen LogP contribution is -2.41. The molecule has 1 amide bonds. The number of thiocarbonyl (C=S) groups is 1. The second-order valence-electron chi connectivity index (χ2n) is 4.78. The number of amides is 1. The Bertz CT molecular complexity index is 485. The van der Waals surface area contributed by atoms with Crippen LogP contribution in [0.3, 0.4) is 0 Å². The van der Waals surface area contributed by atoms with Gasteiger partial charge in [0.05, 0.1) is 10.7 Å². The quantitative estimate of drug-likeness (QED) is 0.560. The zero-order valence-corrected chi connectivity index (χ0v) is 14.0. The number of rotatable bonds is 1. The van der Waals surface area contributed by atoms with Gasteiger partial charge in [-0.25, -0.2) is 0 Å². The minimum Gasteiger partial charge on any atom is -0.331 e. The molecular formula is C12H14ClIN2OS. The van der Waals surface area contributed by atoms with E-state index in [4.69, 9.17) is 23.8 Å². The van der Waals surface area contributed by atoms with Crippen LogP contribution in [0.1, 0.15) is 20.8 Å². The fourth-order valence-corrected chi connectivity index (χ4v) is 2.14. The van der Waals surface area contributed by atoms with Crippen LogP contribution in [0.25, 0.3) is 0 Å². The first kappa shape index (κ1) is 15.7. The predicted octanol–water partition coefficient (Wildman–Crippen LogP) is 3.80. The average Bonchev–Trinajstić information content (AvgIpc) is 2.20. The van der Waals surface area contributed by atoms with Crippen LogP contribution in [-0.4, -0.2) is 11.0 Å². The molecule has 0 aliphatic rings. The van der Waals surface area contributed by atoms with E-state index < -0.39 is 5.41 Å². The van der Waals surface area contributed by atoms with Gasteiger partial charge < -0.3 is 10.6 Å². The van der Waals surface area contributed by atoms with Crippen LogP contribution in [0.2, 0.25) is 5.02 Å². The molecule has 0 saturated heterocycles. The summed E-state index contributed by atoms with van der Waals surface area (Å²) >= 11 is 13.3. The highest BCUT2D eigenvalue weighted by atomic mass is 127. The van der Waals surface area contributed by atoms with Crippen LogP contribution < -0.4 is 10.6 Å². The second-order valence-corrected chi connectivity index (χ2v) is 6.84. The van der Waals surface area contributed by atoms with Crippen molar-refractivity contribution in [3.63, 3.8) is 0 Å². The molecule has 1 rings (SSSR count). The molecule has 98 valence electrons. The summed E-state index contributed by atoms with van der Waals surface area (Å²) in [5, 5.41) is 6.35. The zero-order valence-electron chi connectivity index (χ0n) is 10.3. The molecule has 0 spiro atoms. The second kappa shape index (κ2) is 6.16. The minimum absolute atomic E-state index is 0.137. The maximum Gasteiger partial charge on any atom is 0.231 e. The molecule has 6 heteroatoms. The van der Waals surface area contributed by atoms with Crippen molar-refractivity contribution >= 4 is 63.1 Å². The molecule has 0 saturated carbocycles. The van der Waals surface area contributed by atoms with Gasteiger partial charge in [-0.1, -0.05) is 32.4 Å². The Hall–Kier alpha value is -0.400. The van der Waals surface area contributed by atoms with Crippen molar-refractivity contribution in [3.05, 3.63) is 26.8 Å². The van der Waals surface area contributed by atoms with Gasteiger partial charge in [-0.15, -0.1) is 0 Å². The highest BCUT2D eigenvalue weighted by molar-refractivity contribution is 14.1. The van der Waals surface area contributed by atoms with Gasteiger partial charge in [0.15, 0.2) is 5.11 Å². The van der Waals surface area contributed by atoms with Gasteiger partial charge in [0.1, 0.15) is 0 Å². The number of carbonyl (C=O) groups is 1. The van der Waals surface area contributed by atoms with Crippen molar-refractivity contribution in [2.24, 2.45) is 5.41 Å². The van der Waals surface area contributed by atoms with Crippen molar-refractivity contribution in [1.29, 1.82) is 0 Å². The molecule has 0 fully saturated rings. The number of carbonyl (C=O) groups excluding carboxylic acids is 1. The smallest absolute Gasteiger partial charge is 0.231 e. The third-order valence-electron chi connectivity index (χ3n) is 2.09. The summed E-state index contributed by atoms with van der Waals surface area (Å²) in [6.45, 7) is 5.47. The van der Waals surface area contributed by atoms with Crippen LogP contribution in [0.4, 0.5) is 5.69 Å². The zero-order chi connectivity index (χ0) is 13.9. The highest BCUT2D eigenvalue weighted by Gasteiger charge is 2.22. The van der Waals surface area contributed by atoms with Crippen molar-refractivity contribution in [3.8, 4) is 0 Å². The van der Waals surface area contributed by atoms with E-state index in [9.17, 15) is 4.79 Å². The first-order valence-electron chi connectivity index (χ1n) is 5.27.